The molecule has 2 atom stereocenters. The van der Waals surface area contributed by atoms with Crippen LogP contribution in [-0.2, 0) is 11.8 Å². The van der Waals surface area contributed by atoms with Gasteiger partial charge >= 0.3 is 0 Å². The third-order valence-electron chi connectivity index (χ3n) is 2.77. The first-order chi connectivity index (χ1) is 7.97. The lowest BCUT2D eigenvalue weighted by atomic mass is 10.1. The van der Waals surface area contributed by atoms with E-state index >= 15 is 0 Å². The molecule has 1 aromatic rings. The Labute approximate surface area is 101 Å². The molecule has 0 saturated carbocycles. The van der Waals surface area contributed by atoms with Gasteiger partial charge in [-0.05, 0) is 13.8 Å². The van der Waals surface area contributed by atoms with Crippen molar-refractivity contribution in [3.63, 3.8) is 0 Å². The van der Waals surface area contributed by atoms with E-state index in [9.17, 15) is 4.79 Å². The minimum atomic E-state index is -0.653. The molecule has 0 radical (unpaired) electrons. The van der Waals surface area contributed by atoms with Crippen molar-refractivity contribution in [3.8, 4) is 12.3 Å². The molecule has 0 fully saturated rings. The molecule has 0 aliphatic heterocycles. The normalized spacial score (nSPS) is 13.8. The minimum absolute atomic E-state index is 0.125. The molecule has 2 unspecified atom stereocenters. The fraction of sp³-hybridized carbons (Fsp3) is 0.500. The van der Waals surface area contributed by atoms with Gasteiger partial charge in [-0.15, -0.1) is 12.3 Å². The Bertz CT molecular complexity index is 444. The van der Waals surface area contributed by atoms with Gasteiger partial charge < -0.3 is 11.1 Å². The Morgan fingerprint density at radius 1 is 1.76 bits per heavy atom. The van der Waals surface area contributed by atoms with Gasteiger partial charge in [-0.1, -0.05) is 0 Å². The number of carbonyl (C=O) groups is 1. The second-order valence-corrected chi connectivity index (χ2v) is 4.05. The van der Waals surface area contributed by atoms with Crippen LogP contribution < -0.4 is 11.1 Å². The first-order valence-corrected chi connectivity index (χ1v) is 5.45. The highest BCUT2D eigenvalue weighted by Gasteiger charge is 2.18. The fourth-order valence-electron chi connectivity index (χ4n) is 1.56. The van der Waals surface area contributed by atoms with Crippen molar-refractivity contribution in [2.45, 2.75) is 32.4 Å². The molecule has 0 bridgehead atoms. The van der Waals surface area contributed by atoms with Gasteiger partial charge in [0.15, 0.2) is 0 Å². The number of amides is 1. The van der Waals surface area contributed by atoms with E-state index in [2.05, 4.69) is 16.3 Å². The summed E-state index contributed by atoms with van der Waals surface area (Å²) in [6.45, 7) is 3.84. The molecule has 1 heterocycles. The first kappa shape index (κ1) is 13.3. The van der Waals surface area contributed by atoms with Gasteiger partial charge in [-0.25, -0.2) is 0 Å². The van der Waals surface area contributed by atoms with Gasteiger partial charge in [-0.2, -0.15) is 5.10 Å². The van der Waals surface area contributed by atoms with Crippen molar-refractivity contribution >= 4 is 5.91 Å². The van der Waals surface area contributed by atoms with Crippen LogP contribution in [0.1, 0.15) is 30.6 Å². The molecule has 5 nitrogen and oxygen atoms in total. The zero-order valence-electron chi connectivity index (χ0n) is 10.4. The summed E-state index contributed by atoms with van der Waals surface area (Å²) in [6.07, 6.45) is 7.10. The molecule has 0 spiro atoms. The molecular weight excluding hydrogens is 216 g/mol. The van der Waals surface area contributed by atoms with E-state index in [4.69, 9.17) is 12.2 Å². The smallest absolute Gasteiger partial charge is 0.238 e. The molecule has 1 rings (SSSR count). The van der Waals surface area contributed by atoms with Crippen molar-refractivity contribution < 1.29 is 4.79 Å². The lowest BCUT2D eigenvalue weighted by Crippen LogP contribution is -2.41. The lowest BCUT2D eigenvalue weighted by molar-refractivity contribution is -0.122. The van der Waals surface area contributed by atoms with Crippen molar-refractivity contribution in [3.05, 3.63) is 17.5 Å². The molecule has 0 aliphatic carbocycles. The third-order valence-corrected chi connectivity index (χ3v) is 2.77. The van der Waals surface area contributed by atoms with Crippen LogP contribution in [0.15, 0.2) is 6.20 Å². The molecule has 1 aromatic heterocycles. The van der Waals surface area contributed by atoms with Crippen LogP contribution in [0.2, 0.25) is 0 Å². The second-order valence-electron chi connectivity index (χ2n) is 4.05. The SMILES string of the molecule is C#CCC(N)C(=O)NC(C)c1cnn(C)c1C. The highest BCUT2D eigenvalue weighted by Crippen LogP contribution is 2.15. The van der Waals surface area contributed by atoms with Crippen LogP contribution in [0, 0.1) is 19.3 Å². The fourth-order valence-corrected chi connectivity index (χ4v) is 1.56. The van der Waals surface area contributed by atoms with Crippen LogP contribution in [0.3, 0.4) is 0 Å². The van der Waals surface area contributed by atoms with Gasteiger partial charge in [-0.3, -0.25) is 9.48 Å². The Morgan fingerprint density at radius 3 is 2.88 bits per heavy atom. The predicted octanol–water partition coefficient (Wildman–Crippen LogP) is 0.256. The van der Waals surface area contributed by atoms with Crippen molar-refractivity contribution in [2.75, 3.05) is 0 Å². The van der Waals surface area contributed by atoms with Gasteiger partial charge in [0.2, 0.25) is 5.91 Å². The topological polar surface area (TPSA) is 72.9 Å². The summed E-state index contributed by atoms with van der Waals surface area (Å²) < 4.78 is 1.76. The maximum atomic E-state index is 11.7. The van der Waals surface area contributed by atoms with E-state index in [1.165, 1.54) is 0 Å². The van der Waals surface area contributed by atoms with Gasteiger partial charge in [0.25, 0.3) is 0 Å². The molecule has 3 N–H and O–H groups in total. The molecule has 0 aromatic carbocycles. The summed E-state index contributed by atoms with van der Waals surface area (Å²) >= 11 is 0. The number of terminal acetylenes is 1. The number of aryl methyl sites for hydroxylation is 1. The van der Waals surface area contributed by atoms with Crippen LogP contribution in [0.25, 0.3) is 0 Å². The van der Waals surface area contributed by atoms with E-state index in [0.717, 1.165) is 11.3 Å². The molecular formula is C12H18N4O. The van der Waals surface area contributed by atoms with Crippen molar-refractivity contribution in [1.82, 2.24) is 15.1 Å². The largest absolute Gasteiger partial charge is 0.348 e. The third kappa shape index (κ3) is 3.08. The molecule has 5 heteroatoms. The first-order valence-electron chi connectivity index (χ1n) is 5.45. The maximum absolute atomic E-state index is 11.7. The zero-order valence-corrected chi connectivity index (χ0v) is 10.4. The number of rotatable bonds is 4. The van der Waals surface area contributed by atoms with Crippen molar-refractivity contribution in [2.24, 2.45) is 12.8 Å². The number of hydrogen-bond donors (Lipinski definition) is 2. The standard InChI is InChI=1S/C12H18N4O/c1-5-6-11(13)12(17)15-8(2)10-7-14-16(4)9(10)3/h1,7-8,11H,6,13H2,2-4H3,(H,15,17). The molecule has 17 heavy (non-hydrogen) atoms. The highest BCUT2D eigenvalue weighted by molar-refractivity contribution is 5.82. The van der Waals surface area contributed by atoms with Gasteiger partial charge in [0, 0.05) is 24.7 Å². The number of nitrogens with zero attached hydrogens (tertiary/aromatic N) is 2. The Morgan fingerprint density at radius 2 is 2.41 bits per heavy atom. The van der Waals surface area contributed by atoms with E-state index in [0.29, 0.717) is 0 Å². The van der Waals surface area contributed by atoms with E-state index in [-0.39, 0.29) is 18.4 Å². The number of nitrogens with two attached hydrogens (primary N) is 1. The van der Waals surface area contributed by atoms with Gasteiger partial charge in [0.05, 0.1) is 18.3 Å². The monoisotopic (exact) mass is 234 g/mol. The zero-order chi connectivity index (χ0) is 13.0. The summed E-state index contributed by atoms with van der Waals surface area (Å²) in [6, 6.07) is -0.778. The van der Waals surface area contributed by atoms with Crippen LogP contribution in [0.5, 0.6) is 0 Å². The maximum Gasteiger partial charge on any atom is 0.238 e. The van der Waals surface area contributed by atoms with Crippen LogP contribution in [0.4, 0.5) is 0 Å². The summed E-state index contributed by atoms with van der Waals surface area (Å²) in [7, 11) is 1.86. The quantitative estimate of drug-likeness (QED) is 0.734. The predicted molar refractivity (Wildman–Crippen MR) is 65.9 cm³/mol. The Kier molecular flexibility index (Phi) is 4.30. The second kappa shape index (κ2) is 5.51. The molecule has 0 saturated heterocycles. The average Bonchev–Trinajstić information content (AvgIpc) is 2.60. The molecule has 1 amide bonds. The number of carbonyl (C=O) groups excluding carboxylic acids is 1. The average molecular weight is 234 g/mol. The molecule has 0 aliphatic rings. The van der Waals surface area contributed by atoms with Crippen LogP contribution >= 0.6 is 0 Å². The summed E-state index contributed by atoms with van der Waals surface area (Å²) in [4.78, 5) is 11.7. The summed E-state index contributed by atoms with van der Waals surface area (Å²) in [5.74, 6) is 2.14. The summed E-state index contributed by atoms with van der Waals surface area (Å²) in [5, 5.41) is 6.95. The van der Waals surface area contributed by atoms with E-state index < -0.39 is 6.04 Å². The number of hydrogen-bond acceptors (Lipinski definition) is 3. The van der Waals surface area contributed by atoms with E-state index in [1.54, 1.807) is 10.9 Å². The van der Waals surface area contributed by atoms with E-state index in [1.807, 2.05) is 20.9 Å². The minimum Gasteiger partial charge on any atom is -0.348 e. The lowest BCUT2D eigenvalue weighted by Gasteiger charge is -2.16. The van der Waals surface area contributed by atoms with Gasteiger partial charge in [0.1, 0.15) is 0 Å². The van der Waals surface area contributed by atoms with Crippen molar-refractivity contribution in [1.29, 1.82) is 0 Å². The summed E-state index contributed by atoms with van der Waals surface area (Å²) in [5.41, 5.74) is 7.62. The number of nitrogens with one attached hydrogen (secondary N) is 1. The Hall–Kier alpha value is -1.80. The Balaban J connectivity index is 2.67. The van der Waals surface area contributed by atoms with Crippen LogP contribution in [-0.4, -0.2) is 21.7 Å². The molecule has 92 valence electrons. The number of aromatic nitrogens is 2. The highest BCUT2D eigenvalue weighted by atomic mass is 16.2.